The Hall–Kier alpha value is -4.07. The molecule has 32 heavy (non-hydrogen) atoms. The molecule has 0 fully saturated rings. The van der Waals surface area contributed by atoms with Gasteiger partial charge in [0.05, 0.1) is 23.8 Å². The molecule has 7 nitrogen and oxygen atoms in total. The number of halogens is 1. The number of anilines is 1. The van der Waals surface area contributed by atoms with Crippen molar-refractivity contribution in [1.82, 2.24) is 19.7 Å². The Labute approximate surface area is 184 Å². The van der Waals surface area contributed by atoms with Gasteiger partial charge in [-0.15, -0.1) is 0 Å². The third-order valence-corrected chi connectivity index (χ3v) is 5.04. The first-order valence-corrected chi connectivity index (χ1v) is 10.1. The average molecular weight is 431 g/mol. The molecule has 0 aliphatic heterocycles. The summed E-state index contributed by atoms with van der Waals surface area (Å²) in [6.45, 7) is 0.492. The van der Waals surface area contributed by atoms with Gasteiger partial charge in [-0.2, -0.15) is 5.10 Å². The van der Waals surface area contributed by atoms with Gasteiger partial charge in [0.25, 0.3) is 0 Å². The van der Waals surface area contributed by atoms with E-state index >= 15 is 0 Å². The lowest BCUT2D eigenvalue weighted by atomic mass is 10.1. The van der Waals surface area contributed by atoms with E-state index in [1.165, 1.54) is 16.9 Å². The highest BCUT2D eigenvalue weighted by atomic mass is 19.1. The molecule has 0 aliphatic carbocycles. The minimum Gasteiger partial charge on any atom is -0.340 e. The van der Waals surface area contributed by atoms with Crippen LogP contribution in [0.15, 0.2) is 73.2 Å². The van der Waals surface area contributed by atoms with Crippen molar-refractivity contribution >= 4 is 28.4 Å². The van der Waals surface area contributed by atoms with Crippen molar-refractivity contribution in [2.75, 3.05) is 12.4 Å². The minimum atomic E-state index is -0.422. The number of nitrogens with zero attached hydrogens (tertiary/aromatic N) is 4. The molecule has 0 aliphatic rings. The van der Waals surface area contributed by atoms with Crippen LogP contribution in [0.1, 0.15) is 11.1 Å². The Kier molecular flexibility index (Phi) is 6.21. The first-order valence-electron chi connectivity index (χ1n) is 10.1. The van der Waals surface area contributed by atoms with Gasteiger partial charge in [0.2, 0.25) is 11.8 Å². The molecule has 2 amide bonds. The predicted octanol–water partition coefficient (Wildman–Crippen LogP) is 3.41. The van der Waals surface area contributed by atoms with Gasteiger partial charge in [-0.05, 0) is 35.4 Å². The molecule has 162 valence electrons. The highest BCUT2D eigenvalue weighted by molar-refractivity contribution is 5.92. The van der Waals surface area contributed by atoms with Crippen molar-refractivity contribution < 1.29 is 14.0 Å². The van der Waals surface area contributed by atoms with Crippen LogP contribution in [0.5, 0.6) is 0 Å². The van der Waals surface area contributed by atoms with Gasteiger partial charge in [0.1, 0.15) is 12.4 Å². The highest BCUT2D eigenvalue weighted by Crippen LogP contribution is 2.15. The van der Waals surface area contributed by atoms with Crippen LogP contribution in [0.3, 0.4) is 0 Å². The Morgan fingerprint density at radius 1 is 1.12 bits per heavy atom. The van der Waals surface area contributed by atoms with Crippen LogP contribution in [0, 0.1) is 5.82 Å². The number of benzene rings is 2. The summed E-state index contributed by atoms with van der Waals surface area (Å²) in [6, 6.07) is 15.9. The fraction of sp³-hybridized carbons (Fsp3) is 0.167. The van der Waals surface area contributed by atoms with Crippen LogP contribution in [-0.2, 0) is 29.1 Å². The molecular weight excluding hydrogens is 409 g/mol. The molecule has 8 heteroatoms. The highest BCUT2D eigenvalue weighted by Gasteiger charge is 2.13. The quantitative estimate of drug-likeness (QED) is 0.486. The van der Waals surface area contributed by atoms with Crippen LogP contribution < -0.4 is 5.32 Å². The van der Waals surface area contributed by atoms with Gasteiger partial charge < -0.3 is 10.2 Å². The number of likely N-dealkylation sites (N-methyl/N-ethyl adjacent to an activating group) is 1. The van der Waals surface area contributed by atoms with Crippen molar-refractivity contribution in [2.45, 2.75) is 19.5 Å². The van der Waals surface area contributed by atoms with Crippen LogP contribution in [0.4, 0.5) is 10.1 Å². The van der Waals surface area contributed by atoms with Crippen molar-refractivity contribution in [3.05, 3.63) is 90.1 Å². The summed E-state index contributed by atoms with van der Waals surface area (Å²) in [5.74, 6) is -0.901. The van der Waals surface area contributed by atoms with Gasteiger partial charge in [-0.1, -0.05) is 30.3 Å². The summed E-state index contributed by atoms with van der Waals surface area (Å²) in [4.78, 5) is 30.7. The van der Waals surface area contributed by atoms with E-state index < -0.39 is 5.82 Å². The van der Waals surface area contributed by atoms with Crippen LogP contribution in [-0.4, -0.2) is 38.5 Å². The zero-order valence-corrected chi connectivity index (χ0v) is 17.5. The number of hydrogen-bond acceptors (Lipinski definition) is 4. The number of carbonyl (C=O) groups is 2. The third-order valence-electron chi connectivity index (χ3n) is 5.04. The van der Waals surface area contributed by atoms with Gasteiger partial charge in [-0.3, -0.25) is 19.3 Å². The summed E-state index contributed by atoms with van der Waals surface area (Å²) in [5.41, 5.74) is 2.68. The van der Waals surface area contributed by atoms with E-state index in [9.17, 15) is 14.0 Å². The maximum absolute atomic E-state index is 13.7. The number of pyridine rings is 1. The SMILES string of the molecule is CN(Cc1ccc2ncccc2c1)C(=O)Cn1cc(NC(=O)Cc2ccccc2F)cn1. The van der Waals surface area contributed by atoms with E-state index in [4.69, 9.17) is 0 Å². The van der Waals surface area contributed by atoms with E-state index in [2.05, 4.69) is 15.4 Å². The maximum Gasteiger partial charge on any atom is 0.244 e. The summed E-state index contributed by atoms with van der Waals surface area (Å²) < 4.78 is 15.2. The van der Waals surface area contributed by atoms with E-state index in [-0.39, 0.29) is 24.8 Å². The Bertz CT molecular complexity index is 1270. The number of nitrogens with one attached hydrogen (secondary N) is 1. The lowest BCUT2D eigenvalue weighted by Gasteiger charge is -2.17. The summed E-state index contributed by atoms with van der Waals surface area (Å²) in [7, 11) is 1.73. The largest absolute Gasteiger partial charge is 0.340 e. The fourth-order valence-corrected chi connectivity index (χ4v) is 3.38. The summed E-state index contributed by atoms with van der Waals surface area (Å²) >= 11 is 0. The molecule has 0 unspecified atom stereocenters. The average Bonchev–Trinajstić information content (AvgIpc) is 3.21. The standard InChI is InChI=1S/C24H22FN5O2/c1-29(14-17-8-9-22-19(11-17)6-4-10-26-22)24(32)16-30-15-20(13-27-30)28-23(31)12-18-5-2-3-7-21(18)25/h2-11,13,15H,12,14,16H2,1H3,(H,28,31). The van der Waals surface area contributed by atoms with Gasteiger partial charge in [0.15, 0.2) is 0 Å². The van der Waals surface area contributed by atoms with Crippen molar-refractivity contribution in [1.29, 1.82) is 0 Å². The van der Waals surface area contributed by atoms with Crippen LogP contribution in [0.2, 0.25) is 0 Å². The Morgan fingerprint density at radius 3 is 2.81 bits per heavy atom. The lowest BCUT2D eigenvalue weighted by Crippen LogP contribution is -2.29. The van der Waals surface area contributed by atoms with E-state index in [1.807, 2.05) is 30.3 Å². The summed E-state index contributed by atoms with van der Waals surface area (Å²) in [5, 5.41) is 7.84. The van der Waals surface area contributed by atoms with Gasteiger partial charge in [0, 0.05) is 31.4 Å². The van der Waals surface area contributed by atoms with Crippen molar-refractivity contribution in [3.63, 3.8) is 0 Å². The molecule has 2 aromatic heterocycles. The van der Waals surface area contributed by atoms with Crippen molar-refractivity contribution in [2.24, 2.45) is 0 Å². The number of hydrogen-bond donors (Lipinski definition) is 1. The number of fused-ring (bicyclic) bond motifs is 1. The zero-order chi connectivity index (χ0) is 22.5. The smallest absolute Gasteiger partial charge is 0.244 e. The summed E-state index contributed by atoms with van der Waals surface area (Å²) in [6.07, 6.45) is 4.70. The van der Waals surface area contributed by atoms with E-state index in [0.29, 0.717) is 17.8 Å². The molecular formula is C24H22FN5O2. The second kappa shape index (κ2) is 9.38. The van der Waals surface area contributed by atoms with Crippen LogP contribution in [0.25, 0.3) is 10.9 Å². The number of rotatable bonds is 7. The molecule has 4 rings (SSSR count). The predicted molar refractivity (Wildman–Crippen MR) is 119 cm³/mol. The molecule has 2 aromatic carbocycles. The monoisotopic (exact) mass is 431 g/mol. The molecule has 2 heterocycles. The van der Waals surface area contributed by atoms with Crippen LogP contribution >= 0.6 is 0 Å². The maximum atomic E-state index is 13.7. The van der Waals surface area contributed by atoms with E-state index in [1.54, 1.807) is 42.5 Å². The Balaban J connectivity index is 1.32. The fourth-order valence-electron chi connectivity index (χ4n) is 3.38. The second-order valence-electron chi connectivity index (χ2n) is 7.52. The normalized spacial score (nSPS) is 10.8. The first kappa shape index (κ1) is 21.2. The number of aromatic nitrogens is 3. The third kappa shape index (κ3) is 5.15. The van der Waals surface area contributed by atoms with Gasteiger partial charge >= 0.3 is 0 Å². The van der Waals surface area contributed by atoms with Gasteiger partial charge in [-0.25, -0.2) is 4.39 Å². The molecule has 0 spiro atoms. The molecule has 4 aromatic rings. The first-order chi connectivity index (χ1) is 15.5. The minimum absolute atomic E-state index is 0.0365. The van der Waals surface area contributed by atoms with Crippen molar-refractivity contribution in [3.8, 4) is 0 Å². The molecule has 0 atom stereocenters. The molecule has 0 bridgehead atoms. The molecule has 1 N–H and O–H groups in total. The molecule has 0 saturated carbocycles. The number of amides is 2. The topological polar surface area (TPSA) is 80.1 Å². The Morgan fingerprint density at radius 2 is 1.97 bits per heavy atom. The zero-order valence-electron chi connectivity index (χ0n) is 17.5. The van der Waals surface area contributed by atoms with E-state index in [0.717, 1.165) is 16.5 Å². The molecule has 0 radical (unpaired) electrons. The number of carbonyl (C=O) groups excluding carboxylic acids is 2. The lowest BCUT2D eigenvalue weighted by molar-refractivity contribution is -0.131. The second-order valence-corrected chi connectivity index (χ2v) is 7.52. The molecule has 0 saturated heterocycles.